The van der Waals surface area contributed by atoms with Gasteiger partial charge in [0.05, 0.1) is 6.42 Å². The molecule has 0 atom stereocenters. The molecule has 0 fully saturated rings. The Hall–Kier alpha value is -3.27. The fourth-order valence-corrected chi connectivity index (χ4v) is 2.63. The predicted molar refractivity (Wildman–Crippen MR) is 99.7 cm³/mol. The van der Waals surface area contributed by atoms with Crippen molar-refractivity contribution in [3.05, 3.63) is 52.0 Å². The van der Waals surface area contributed by atoms with Crippen LogP contribution in [0.3, 0.4) is 0 Å². The van der Waals surface area contributed by atoms with Gasteiger partial charge in [0, 0.05) is 6.54 Å². The van der Waals surface area contributed by atoms with E-state index in [-0.39, 0.29) is 31.2 Å². The predicted octanol–water partition coefficient (Wildman–Crippen LogP) is 2.13. The van der Waals surface area contributed by atoms with Crippen molar-refractivity contribution in [3.8, 4) is 11.5 Å². The van der Waals surface area contributed by atoms with Crippen molar-refractivity contribution in [1.29, 1.82) is 0 Å². The maximum absolute atomic E-state index is 12.5. The number of carbonyl (C=O) groups excluding carboxylic acids is 2. The molecule has 1 aliphatic heterocycles. The van der Waals surface area contributed by atoms with Gasteiger partial charge in [-0.05, 0) is 51.8 Å². The largest absolute Gasteiger partial charge is 0.481 e. The number of halogens is 1. The van der Waals surface area contributed by atoms with Crippen molar-refractivity contribution >= 4 is 39.8 Å². The summed E-state index contributed by atoms with van der Waals surface area (Å²) in [5.74, 6) is -1.23. The lowest BCUT2D eigenvalue weighted by molar-refractivity contribution is -0.136. The Labute approximate surface area is 167 Å². The number of fused-ring (bicyclic) bond motifs is 1. The van der Waals surface area contributed by atoms with Crippen LogP contribution in [0.1, 0.15) is 22.5 Å². The molecule has 2 aromatic rings. The summed E-state index contributed by atoms with van der Waals surface area (Å²) in [5, 5.41) is 13.6. The van der Waals surface area contributed by atoms with Crippen LogP contribution in [0.2, 0.25) is 0 Å². The van der Waals surface area contributed by atoms with Gasteiger partial charge in [-0.2, -0.15) is 0 Å². The van der Waals surface area contributed by atoms with Crippen molar-refractivity contribution in [2.75, 3.05) is 13.3 Å². The van der Waals surface area contributed by atoms with Crippen molar-refractivity contribution in [1.82, 2.24) is 10.6 Å². The van der Waals surface area contributed by atoms with Crippen molar-refractivity contribution in [3.63, 3.8) is 0 Å². The monoisotopic (exact) mass is 450 g/mol. The highest BCUT2D eigenvalue weighted by atomic mass is 79.9. The van der Waals surface area contributed by atoms with Crippen LogP contribution >= 0.6 is 15.9 Å². The lowest BCUT2D eigenvalue weighted by Crippen LogP contribution is -2.35. The first-order valence-electron chi connectivity index (χ1n) is 8.10. The lowest BCUT2D eigenvalue weighted by Gasteiger charge is -2.10. The number of hydrogen-bond acceptors (Lipinski definition) is 6. The molecule has 146 valence electrons. The molecule has 3 N–H and O–H groups in total. The quantitative estimate of drug-likeness (QED) is 0.551. The highest BCUT2D eigenvalue weighted by Gasteiger charge is 2.18. The Morgan fingerprint density at radius 3 is 2.64 bits per heavy atom. The maximum atomic E-state index is 12.5. The number of amides is 2. The van der Waals surface area contributed by atoms with E-state index in [9.17, 15) is 14.4 Å². The zero-order valence-electron chi connectivity index (χ0n) is 14.4. The summed E-state index contributed by atoms with van der Waals surface area (Å²) in [4.78, 5) is 35.4. The molecule has 0 aliphatic carbocycles. The van der Waals surface area contributed by atoms with Gasteiger partial charge in [-0.15, -0.1) is 0 Å². The second-order valence-corrected chi connectivity index (χ2v) is 6.41. The second kappa shape index (κ2) is 8.61. The standard InChI is InChI=1S/C18H15BrN2O7/c19-15-4-3-13(28-15)18(25)21-11(17(24)20-6-5-16(22)23)7-10-1-2-12-14(8-10)27-9-26-12/h1-4,7-8H,5-6,9H2,(H,20,24)(H,21,25)(H,22,23). The van der Waals surface area contributed by atoms with E-state index >= 15 is 0 Å². The van der Waals surface area contributed by atoms with E-state index in [4.69, 9.17) is 19.0 Å². The molecule has 3 rings (SSSR count). The third-order valence-electron chi connectivity index (χ3n) is 3.62. The van der Waals surface area contributed by atoms with Gasteiger partial charge in [-0.1, -0.05) is 6.07 Å². The fourth-order valence-electron chi connectivity index (χ4n) is 2.33. The molecule has 28 heavy (non-hydrogen) atoms. The first-order valence-corrected chi connectivity index (χ1v) is 8.89. The number of carbonyl (C=O) groups is 3. The number of nitrogens with one attached hydrogen (secondary N) is 2. The van der Waals surface area contributed by atoms with E-state index in [1.807, 2.05) is 0 Å². The topological polar surface area (TPSA) is 127 Å². The fraction of sp³-hybridized carbons (Fsp3) is 0.167. The van der Waals surface area contributed by atoms with Crippen LogP contribution in [0, 0.1) is 0 Å². The van der Waals surface area contributed by atoms with E-state index in [1.165, 1.54) is 12.1 Å². The molecule has 0 saturated heterocycles. The average molecular weight is 451 g/mol. The highest BCUT2D eigenvalue weighted by Crippen LogP contribution is 2.33. The average Bonchev–Trinajstić information content (AvgIpc) is 3.29. The van der Waals surface area contributed by atoms with Gasteiger partial charge in [-0.25, -0.2) is 0 Å². The summed E-state index contributed by atoms with van der Waals surface area (Å²) in [6.45, 7) is 0.0178. The minimum Gasteiger partial charge on any atom is -0.481 e. The zero-order chi connectivity index (χ0) is 20.1. The van der Waals surface area contributed by atoms with E-state index in [2.05, 4.69) is 26.6 Å². The van der Waals surface area contributed by atoms with Crippen LogP contribution in [0.4, 0.5) is 0 Å². The summed E-state index contributed by atoms with van der Waals surface area (Å²) in [7, 11) is 0. The van der Waals surface area contributed by atoms with Crippen LogP contribution in [0.15, 0.2) is 45.1 Å². The van der Waals surface area contributed by atoms with Crippen LogP contribution in [0.5, 0.6) is 11.5 Å². The Bertz CT molecular complexity index is 951. The molecule has 0 saturated carbocycles. The molecule has 0 spiro atoms. The molecule has 0 bridgehead atoms. The van der Waals surface area contributed by atoms with Crippen LogP contribution in [-0.4, -0.2) is 36.2 Å². The molecule has 9 nitrogen and oxygen atoms in total. The van der Waals surface area contributed by atoms with E-state index in [1.54, 1.807) is 24.3 Å². The highest BCUT2D eigenvalue weighted by molar-refractivity contribution is 9.10. The van der Waals surface area contributed by atoms with Gasteiger partial charge in [0.25, 0.3) is 11.8 Å². The molecule has 2 amide bonds. The number of ether oxygens (including phenoxy) is 2. The SMILES string of the molecule is O=C(O)CCNC(=O)C(=Cc1ccc2c(c1)OCO2)NC(=O)c1ccc(Br)o1. The Morgan fingerprint density at radius 2 is 1.93 bits per heavy atom. The normalized spacial score (nSPS) is 12.5. The number of rotatable bonds is 7. The summed E-state index contributed by atoms with van der Waals surface area (Å²) in [6.07, 6.45) is 1.19. The summed E-state index contributed by atoms with van der Waals surface area (Å²) < 4.78 is 16.1. The maximum Gasteiger partial charge on any atom is 0.305 e. The lowest BCUT2D eigenvalue weighted by atomic mass is 10.1. The molecular formula is C18H15BrN2O7. The minimum atomic E-state index is -1.05. The number of aliphatic carboxylic acids is 1. The van der Waals surface area contributed by atoms with Gasteiger partial charge in [0.15, 0.2) is 21.9 Å². The van der Waals surface area contributed by atoms with Gasteiger partial charge < -0.3 is 29.6 Å². The number of benzene rings is 1. The molecule has 0 radical (unpaired) electrons. The summed E-state index contributed by atoms with van der Waals surface area (Å²) in [5.41, 5.74) is 0.496. The van der Waals surface area contributed by atoms with E-state index < -0.39 is 17.8 Å². The molecular weight excluding hydrogens is 436 g/mol. The third kappa shape index (κ3) is 4.92. The second-order valence-electron chi connectivity index (χ2n) is 5.63. The Balaban J connectivity index is 1.81. The van der Waals surface area contributed by atoms with E-state index in [0.717, 1.165) is 0 Å². The first kappa shape index (κ1) is 19.5. The first-order chi connectivity index (χ1) is 13.4. The Morgan fingerprint density at radius 1 is 1.14 bits per heavy atom. The number of hydrogen-bond donors (Lipinski definition) is 3. The molecule has 2 heterocycles. The Kier molecular flexibility index (Phi) is 5.99. The molecule has 0 unspecified atom stereocenters. The van der Waals surface area contributed by atoms with Crippen molar-refractivity contribution in [2.45, 2.75) is 6.42 Å². The van der Waals surface area contributed by atoms with Gasteiger partial charge >= 0.3 is 5.97 Å². The summed E-state index contributed by atoms with van der Waals surface area (Å²) >= 11 is 3.10. The number of carboxylic acids is 1. The summed E-state index contributed by atoms with van der Waals surface area (Å²) in [6, 6.07) is 8.01. The smallest absolute Gasteiger partial charge is 0.305 e. The third-order valence-corrected chi connectivity index (χ3v) is 4.05. The number of carboxylic acid groups (broad SMARTS) is 1. The minimum absolute atomic E-state index is 0.00166. The molecule has 1 aromatic carbocycles. The zero-order valence-corrected chi connectivity index (χ0v) is 15.9. The van der Waals surface area contributed by atoms with E-state index in [0.29, 0.717) is 21.7 Å². The molecule has 1 aromatic heterocycles. The number of furan rings is 1. The van der Waals surface area contributed by atoms with Crippen LogP contribution < -0.4 is 20.1 Å². The van der Waals surface area contributed by atoms with Gasteiger partial charge in [-0.3, -0.25) is 14.4 Å². The molecule has 1 aliphatic rings. The van der Waals surface area contributed by atoms with Crippen molar-refractivity contribution in [2.24, 2.45) is 0 Å². The van der Waals surface area contributed by atoms with Gasteiger partial charge in [0.2, 0.25) is 6.79 Å². The van der Waals surface area contributed by atoms with Crippen LogP contribution in [0.25, 0.3) is 6.08 Å². The molecule has 10 heteroatoms. The van der Waals surface area contributed by atoms with Crippen molar-refractivity contribution < 1.29 is 33.4 Å². The van der Waals surface area contributed by atoms with Gasteiger partial charge in [0.1, 0.15) is 5.70 Å². The van der Waals surface area contributed by atoms with Crippen LogP contribution in [-0.2, 0) is 9.59 Å².